The zero-order chi connectivity index (χ0) is 12.1. The molecule has 1 nitrogen and oxygen atoms in total. The van der Waals surface area contributed by atoms with Gasteiger partial charge in [0.15, 0.2) is 0 Å². The van der Waals surface area contributed by atoms with E-state index < -0.39 is 0 Å². The van der Waals surface area contributed by atoms with Crippen molar-refractivity contribution in [3.8, 4) is 0 Å². The van der Waals surface area contributed by atoms with E-state index in [4.69, 9.17) is 0 Å². The topological polar surface area (TPSA) is 4.93 Å². The van der Waals surface area contributed by atoms with Crippen molar-refractivity contribution in [2.45, 2.75) is 47.6 Å². The lowest BCUT2D eigenvalue weighted by molar-refractivity contribution is 0.671. The molecule has 0 saturated carbocycles. The molecule has 0 saturated heterocycles. The van der Waals surface area contributed by atoms with Crippen LogP contribution < -0.4 is 0 Å². The Kier molecular flexibility index (Phi) is 4.60. The predicted octanol–water partition coefficient (Wildman–Crippen LogP) is 4.58. The van der Waals surface area contributed by atoms with Crippen LogP contribution in [0.4, 0.5) is 0 Å². The molecule has 1 rings (SSSR count). The standard InChI is InChI=1S/C15H23N/c1-6-9-14-12(4)13(5)15(10-7-2)16(14)11-8-3/h6-7,9-10H,8,11H2,1-5H3/b9-6-,10-7-. The largest absolute Gasteiger partial charge is 0.341 e. The van der Waals surface area contributed by atoms with Crippen LogP contribution >= 0.6 is 0 Å². The summed E-state index contributed by atoms with van der Waals surface area (Å²) in [6, 6.07) is 0. The van der Waals surface area contributed by atoms with Gasteiger partial charge in [-0.25, -0.2) is 0 Å². The number of hydrogen-bond donors (Lipinski definition) is 0. The zero-order valence-electron chi connectivity index (χ0n) is 11.2. The minimum absolute atomic E-state index is 1.09. The predicted molar refractivity (Wildman–Crippen MR) is 73.6 cm³/mol. The van der Waals surface area contributed by atoms with Crippen LogP contribution in [-0.2, 0) is 6.54 Å². The molecule has 0 N–H and O–H groups in total. The molecule has 1 aromatic heterocycles. The van der Waals surface area contributed by atoms with Gasteiger partial charge in [-0.3, -0.25) is 0 Å². The first-order valence-electron chi connectivity index (χ1n) is 6.12. The Morgan fingerprint density at radius 1 is 0.938 bits per heavy atom. The molecule has 16 heavy (non-hydrogen) atoms. The highest BCUT2D eigenvalue weighted by Gasteiger charge is 2.12. The molecule has 0 fully saturated rings. The SMILES string of the molecule is C/C=C\c1c(C)c(C)c(/C=C\C)n1CCC. The van der Waals surface area contributed by atoms with Crippen LogP contribution in [-0.4, -0.2) is 4.57 Å². The Morgan fingerprint density at radius 2 is 1.38 bits per heavy atom. The molecule has 0 aromatic carbocycles. The van der Waals surface area contributed by atoms with Gasteiger partial charge in [0.25, 0.3) is 0 Å². The second-order valence-electron chi connectivity index (χ2n) is 4.17. The van der Waals surface area contributed by atoms with E-state index in [0.717, 1.165) is 6.54 Å². The summed E-state index contributed by atoms with van der Waals surface area (Å²) in [5, 5.41) is 0. The third-order valence-corrected chi connectivity index (χ3v) is 3.01. The third-order valence-electron chi connectivity index (χ3n) is 3.01. The molecule has 1 heterocycles. The summed E-state index contributed by atoms with van der Waals surface area (Å²) in [5.41, 5.74) is 5.52. The lowest BCUT2D eigenvalue weighted by atomic mass is 10.1. The molecule has 0 unspecified atom stereocenters. The molecule has 0 radical (unpaired) electrons. The molecule has 0 aliphatic rings. The van der Waals surface area contributed by atoms with E-state index in [2.05, 4.69) is 63.5 Å². The Hall–Kier alpha value is -1.24. The van der Waals surface area contributed by atoms with Gasteiger partial charge in [-0.15, -0.1) is 0 Å². The second-order valence-corrected chi connectivity index (χ2v) is 4.17. The fourth-order valence-corrected chi connectivity index (χ4v) is 2.13. The van der Waals surface area contributed by atoms with Crippen molar-refractivity contribution in [2.24, 2.45) is 0 Å². The third kappa shape index (κ3) is 2.29. The zero-order valence-corrected chi connectivity index (χ0v) is 11.2. The molecule has 0 aliphatic carbocycles. The van der Waals surface area contributed by atoms with Gasteiger partial charge in [0.05, 0.1) is 0 Å². The van der Waals surface area contributed by atoms with Gasteiger partial charge in [0.1, 0.15) is 0 Å². The highest BCUT2D eigenvalue weighted by atomic mass is 15.0. The Morgan fingerprint density at radius 3 is 1.69 bits per heavy atom. The quantitative estimate of drug-likeness (QED) is 0.695. The van der Waals surface area contributed by atoms with Crippen molar-refractivity contribution in [2.75, 3.05) is 0 Å². The van der Waals surface area contributed by atoms with Crippen molar-refractivity contribution in [1.82, 2.24) is 4.57 Å². The number of nitrogens with zero attached hydrogens (tertiary/aromatic N) is 1. The van der Waals surface area contributed by atoms with Crippen LogP contribution in [0.1, 0.15) is 49.7 Å². The normalized spacial score (nSPS) is 12.1. The van der Waals surface area contributed by atoms with Crippen molar-refractivity contribution in [1.29, 1.82) is 0 Å². The lowest BCUT2D eigenvalue weighted by Gasteiger charge is -2.08. The Balaban J connectivity index is 3.41. The fourth-order valence-electron chi connectivity index (χ4n) is 2.13. The molecule has 0 bridgehead atoms. The van der Waals surface area contributed by atoms with Crippen LogP contribution in [0.2, 0.25) is 0 Å². The van der Waals surface area contributed by atoms with Crippen LogP contribution in [0, 0.1) is 13.8 Å². The first-order valence-corrected chi connectivity index (χ1v) is 6.12. The molecule has 1 aromatic rings. The summed E-state index contributed by atoms with van der Waals surface area (Å²) in [6.45, 7) is 11.9. The lowest BCUT2D eigenvalue weighted by Crippen LogP contribution is -2.01. The number of allylic oxidation sites excluding steroid dienone is 2. The number of aromatic nitrogens is 1. The molecule has 88 valence electrons. The van der Waals surface area contributed by atoms with E-state index in [9.17, 15) is 0 Å². The summed E-state index contributed by atoms with van der Waals surface area (Å²) in [7, 11) is 0. The summed E-state index contributed by atoms with van der Waals surface area (Å²) in [5.74, 6) is 0. The van der Waals surface area contributed by atoms with Gasteiger partial charge in [0.2, 0.25) is 0 Å². The second kappa shape index (κ2) is 5.74. The van der Waals surface area contributed by atoms with E-state index in [1.54, 1.807) is 0 Å². The van der Waals surface area contributed by atoms with Gasteiger partial charge in [-0.05, 0) is 57.4 Å². The van der Waals surface area contributed by atoms with Crippen molar-refractivity contribution in [3.05, 3.63) is 34.7 Å². The summed E-state index contributed by atoms with van der Waals surface area (Å²) in [4.78, 5) is 0. The Labute approximate surface area is 99.5 Å². The van der Waals surface area contributed by atoms with Gasteiger partial charge < -0.3 is 4.57 Å². The molecule has 0 atom stereocenters. The van der Waals surface area contributed by atoms with Gasteiger partial charge in [-0.1, -0.05) is 19.1 Å². The summed E-state index contributed by atoms with van der Waals surface area (Å²) in [6.07, 6.45) is 9.83. The highest BCUT2D eigenvalue weighted by Crippen LogP contribution is 2.24. The van der Waals surface area contributed by atoms with Crippen molar-refractivity contribution >= 4 is 12.2 Å². The van der Waals surface area contributed by atoms with Gasteiger partial charge in [0, 0.05) is 17.9 Å². The van der Waals surface area contributed by atoms with E-state index >= 15 is 0 Å². The van der Waals surface area contributed by atoms with Crippen LogP contribution in [0.3, 0.4) is 0 Å². The molecular weight excluding hydrogens is 194 g/mol. The van der Waals surface area contributed by atoms with E-state index in [0.29, 0.717) is 0 Å². The van der Waals surface area contributed by atoms with E-state index in [-0.39, 0.29) is 0 Å². The number of rotatable bonds is 4. The molecule has 0 spiro atoms. The first kappa shape index (κ1) is 12.8. The van der Waals surface area contributed by atoms with Crippen LogP contribution in [0.15, 0.2) is 12.2 Å². The maximum absolute atomic E-state index is 2.42. The monoisotopic (exact) mass is 217 g/mol. The van der Waals surface area contributed by atoms with E-state index in [1.165, 1.54) is 28.9 Å². The molecular formula is C15H23N. The van der Waals surface area contributed by atoms with Crippen LogP contribution in [0.5, 0.6) is 0 Å². The minimum Gasteiger partial charge on any atom is -0.341 e. The first-order chi connectivity index (χ1) is 7.67. The fraction of sp³-hybridized carbons (Fsp3) is 0.467. The van der Waals surface area contributed by atoms with Gasteiger partial charge in [-0.2, -0.15) is 0 Å². The van der Waals surface area contributed by atoms with Crippen molar-refractivity contribution in [3.63, 3.8) is 0 Å². The molecule has 0 aliphatic heterocycles. The molecule has 1 heteroatoms. The van der Waals surface area contributed by atoms with E-state index in [1.807, 2.05) is 0 Å². The Bertz CT molecular complexity index is 370. The maximum Gasteiger partial charge on any atom is 0.0440 e. The maximum atomic E-state index is 2.42. The van der Waals surface area contributed by atoms with Crippen molar-refractivity contribution < 1.29 is 0 Å². The number of hydrogen-bond acceptors (Lipinski definition) is 0. The van der Waals surface area contributed by atoms with Crippen LogP contribution in [0.25, 0.3) is 12.2 Å². The average molecular weight is 217 g/mol. The molecule has 0 amide bonds. The smallest absolute Gasteiger partial charge is 0.0440 e. The summed E-state index contributed by atoms with van der Waals surface area (Å²) >= 11 is 0. The minimum atomic E-state index is 1.09. The van der Waals surface area contributed by atoms with Gasteiger partial charge >= 0.3 is 0 Å². The summed E-state index contributed by atoms with van der Waals surface area (Å²) < 4.78 is 2.42. The highest BCUT2D eigenvalue weighted by molar-refractivity contribution is 5.62. The average Bonchev–Trinajstić information content (AvgIpc) is 2.48.